The molecule has 0 radical (unpaired) electrons. The third kappa shape index (κ3) is 2.66. The lowest BCUT2D eigenvalue weighted by Gasteiger charge is -2.18. The molecular formula is C18H14N2O4S. The van der Waals surface area contributed by atoms with Crippen LogP contribution in [0.1, 0.15) is 5.69 Å². The van der Waals surface area contributed by atoms with Crippen molar-refractivity contribution in [2.24, 2.45) is 0 Å². The number of benzene rings is 1. The standard InChI is InChI=1S/C18H14N2O4S/c21-17-7-22-14-3-2-11(5-12(14)19-17)18-20-13(8-25-18)10-1-4-15-16(6-10)24-9-23-15/h1-6,8,15-16H,7,9H2,(H,19,21). The fraction of sp³-hybridized carbons (Fsp3) is 0.222. The van der Waals surface area contributed by atoms with Crippen molar-refractivity contribution in [3.05, 3.63) is 47.5 Å². The summed E-state index contributed by atoms with van der Waals surface area (Å²) in [5.41, 5.74) is 3.56. The highest BCUT2D eigenvalue weighted by Gasteiger charge is 2.28. The SMILES string of the molecule is O=C1COc2ccc(-c3nc(C4=CC5OCOC5C=C4)cs3)cc2N1. The van der Waals surface area contributed by atoms with Crippen molar-refractivity contribution in [1.82, 2.24) is 4.98 Å². The van der Waals surface area contributed by atoms with E-state index in [2.05, 4.69) is 11.4 Å². The summed E-state index contributed by atoms with van der Waals surface area (Å²) in [5.74, 6) is 0.540. The number of carbonyl (C=O) groups excluding carboxylic acids is 1. The number of thiazole rings is 1. The normalized spacial score (nSPS) is 24.2. The molecule has 1 amide bonds. The highest BCUT2D eigenvalue weighted by molar-refractivity contribution is 7.13. The van der Waals surface area contributed by atoms with Crippen LogP contribution in [0.15, 0.2) is 41.8 Å². The van der Waals surface area contributed by atoms with Crippen LogP contribution in [0.25, 0.3) is 16.1 Å². The van der Waals surface area contributed by atoms with Gasteiger partial charge in [-0.25, -0.2) is 4.98 Å². The van der Waals surface area contributed by atoms with E-state index in [1.165, 1.54) is 0 Å². The lowest BCUT2D eigenvalue weighted by Crippen LogP contribution is -2.25. The van der Waals surface area contributed by atoms with Crippen molar-refractivity contribution >= 4 is 28.5 Å². The molecule has 126 valence electrons. The summed E-state index contributed by atoms with van der Waals surface area (Å²) in [6.45, 7) is 0.386. The van der Waals surface area contributed by atoms with Crippen LogP contribution < -0.4 is 10.1 Å². The smallest absolute Gasteiger partial charge is 0.262 e. The molecule has 0 bridgehead atoms. The van der Waals surface area contributed by atoms with Gasteiger partial charge < -0.3 is 19.5 Å². The zero-order chi connectivity index (χ0) is 16.8. The molecule has 1 aromatic carbocycles. The number of rotatable bonds is 2. The lowest BCUT2D eigenvalue weighted by atomic mass is 10.0. The molecule has 0 saturated carbocycles. The van der Waals surface area contributed by atoms with Gasteiger partial charge in [0.25, 0.3) is 5.91 Å². The first-order chi connectivity index (χ1) is 12.3. The molecular weight excluding hydrogens is 340 g/mol. The van der Waals surface area contributed by atoms with E-state index in [4.69, 9.17) is 19.2 Å². The zero-order valence-electron chi connectivity index (χ0n) is 13.1. The summed E-state index contributed by atoms with van der Waals surface area (Å²) in [4.78, 5) is 16.2. The van der Waals surface area contributed by atoms with Crippen LogP contribution in [-0.2, 0) is 14.3 Å². The lowest BCUT2D eigenvalue weighted by molar-refractivity contribution is -0.118. The largest absolute Gasteiger partial charge is 0.482 e. The predicted octanol–water partition coefficient (Wildman–Crippen LogP) is 2.84. The maximum atomic E-state index is 11.5. The van der Waals surface area contributed by atoms with Crippen LogP contribution in [0.3, 0.4) is 0 Å². The van der Waals surface area contributed by atoms with Gasteiger partial charge in [-0.2, -0.15) is 0 Å². The molecule has 2 unspecified atom stereocenters. The Morgan fingerprint density at radius 3 is 3.12 bits per heavy atom. The topological polar surface area (TPSA) is 69.7 Å². The number of amides is 1. The number of hydrogen-bond donors (Lipinski definition) is 1. The second-order valence-electron chi connectivity index (χ2n) is 5.95. The third-order valence-electron chi connectivity index (χ3n) is 4.31. The number of allylic oxidation sites excluding steroid dienone is 2. The Kier molecular flexibility index (Phi) is 3.44. The minimum atomic E-state index is -0.143. The molecule has 5 rings (SSSR count). The number of fused-ring (bicyclic) bond motifs is 2. The molecule has 3 aliphatic rings. The molecule has 2 aromatic rings. The van der Waals surface area contributed by atoms with Gasteiger partial charge in [-0.1, -0.05) is 12.2 Å². The van der Waals surface area contributed by atoms with Crippen LogP contribution in [0, 0.1) is 0 Å². The summed E-state index contributed by atoms with van der Waals surface area (Å²) in [7, 11) is 0. The number of anilines is 1. The first kappa shape index (κ1) is 14.8. The number of nitrogens with zero attached hydrogens (tertiary/aromatic N) is 1. The molecule has 6 nitrogen and oxygen atoms in total. The minimum Gasteiger partial charge on any atom is -0.482 e. The minimum absolute atomic E-state index is 0.00566. The van der Waals surface area contributed by atoms with Gasteiger partial charge in [0.05, 0.1) is 11.4 Å². The summed E-state index contributed by atoms with van der Waals surface area (Å²) in [6.07, 6.45) is 6.05. The summed E-state index contributed by atoms with van der Waals surface area (Å²) < 4.78 is 16.4. The third-order valence-corrected chi connectivity index (χ3v) is 5.20. The molecule has 1 saturated heterocycles. The maximum absolute atomic E-state index is 11.5. The van der Waals surface area contributed by atoms with Crippen LogP contribution in [0.5, 0.6) is 5.75 Å². The van der Waals surface area contributed by atoms with Crippen molar-refractivity contribution in [2.75, 3.05) is 18.7 Å². The zero-order valence-corrected chi connectivity index (χ0v) is 13.9. The Bertz CT molecular complexity index is 918. The average Bonchev–Trinajstić information content (AvgIpc) is 3.29. The van der Waals surface area contributed by atoms with E-state index in [-0.39, 0.29) is 24.7 Å². The Labute approximate surface area is 147 Å². The maximum Gasteiger partial charge on any atom is 0.262 e. The fourth-order valence-electron chi connectivity index (χ4n) is 3.05. The Morgan fingerprint density at radius 2 is 2.16 bits per heavy atom. The van der Waals surface area contributed by atoms with Crippen molar-refractivity contribution in [3.63, 3.8) is 0 Å². The van der Waals surface area contributed by atoms with Gasteiger partial charge in [0.15, 0.2) is 6.61 Å². The Morgan fingerprint density at radius 1 is 1.24 bits per heavy atom. The first-order valence-electron chi connectivity index (χ1n) is 7.92. The fourth-order valence-corrected chi connectivity index (χ4v) is 3.88. The second kappa shape index (κ2) is 5.80. The molecule has 3 heterocycles. The van der Waals surface area contributed by atoms with Crippen LogP contribution in [0.2, 0.25) is 0 Å². The van der Waals surface area contributed by atoms with Crippen molar-refractivity contribution in [1.29, 1.82) is 0 Å². The first-order valence-corrected chi connectivity index (χ1v) is 8.80. The number of nitrogens with one attached hydrogen (secondary N) is 1. The van der Waals surface area contributed by atoms with Crippen molar-refractivity contribution in [3.8, 4) is 16.3 Å². The van der Waals surface area contributed by atoms with E-state index in [9.17, 15) is 4.79 Å². The van der Waals surface area contributed by atoms with Gasteiger partial charge in [-0.3, -0.25) is 4.79 Å². The van der Waals surface area contributed by atoms with E-state index in [1.54, 1.807) is 11.3 Å². The van der Waals surface area contributed by atoms with Gasteiger partial charge in [0.1, 0.15) is 29.8 Å². The monoisotopic (exact) mass is 354 g/mol. The van der Waals surface area contributed by atoms with Gasteiger partial charge in [0, 0.05) is 10.9 Å². The van der Waals surface area contributed by atoms with Crippen LogP contribution in [0.4, 0.5) is 5.69 Å². The number of hydrogen-bond acceptors (Lipinski definition) is 6. The van der Waals surface area contributed by atoms with Crippen molar-refractivity contribution in [2.45, 2.75) is 12.2 Å². The number of ether oxygens (including phenoxy) is 3. The second-order valence-corrected chi connectivity index (χ2v) is 6.81. The van der Waals surface area contributed by atoms with E-state index >= 15 is 0 Å². The van der Waals surface area contributed by atoms with Gasteiger partial charge in [-0.05, 0) is 29.8 Å². The molecule has 1 N–H and O–H groups in total. The quantitative estimate of drug-likeness (QED) is 0.898. The molecule has 1 aliphatic carbocycles. The Hall–Kier alpha value is -2.48. The summed E-state index contributed by atoms with van der Waals surface area (Å²) in [6, 6.07) is 5.71. The van der Waals surface area contributed by atoms with Gasteiger partial charge >= 0.3 is 0 Å². The molecule has 1 aromatic heterocycles. The molecule has 25 heavy (non-hydrogen) atoms. The highest BCUT2D eigenvalue weighted by atomic mass is 32.1. The highest BCUT2D eigenvalue weighted by Crippen LogP contribution is 2.35. The average molecular weight is 354 g/mol. The predicted molar refractivity (Wildman–Crippen MR) is 93.4 cm³/mol. The Balaban J connectivity index is 1.44. The summed E-state index contributed by atoms with van der Waals surface area (Å²) in [5, 5.41) is 5.74. The van der Waals surface area contributed by atoms with Gasteiger partial charge in [0.2, 0.25) is 0 Å². The molecule has 0 spiro atoms. The summed E-state index contributed by atoms with van der Waals surface area (Å²) >= 11 is 1.56. The van der Waals surface area contributed by atoms with E-state index < -0.39 is 0 Å². The van der Waals surface area contributed by atoms with E-state index in [1.807, 2.05) is 35.7 Å². The molecule has 1 fully saturated rings. The number of carbonyl (C=O) groups is 1. The molecule has 7 heteroatoms. The van der Waals surface area contributed by atoms with E-state index in [0.29, 0.717) is 18.2 Å². The number of aromatic nitrogens is 1. The molecule has 2 atom stereocenters. The van der Waals surface area contributed by atoms with Crippen LogP contribution in [-0.4, -0.2) is 36.5 Å². The van der Waals surface area contributed by atoms with Crippen molar-refractivity contribution < 1.29 is 19.0 Å². The molecule has 2 aliphatic heterocycles. The van der Waals surface area contributed by atoms with E-state index in [0.717, 1.165) is 21.8 Å². The van der Waals surface area contributed by atoms with Gasteiger partial charge in [-0.15, -0.1) is 11.3 Å². The van der Waals surface area contributed by atoms with Crippen LogP contribution >= 0.6 is 11.3 Å².